The molecular formula is C7H7N3O. The van der Waals surface area contributed by atoms with Crippen LogP contribution in [-0.2, 0) is 6.61 Å². The highest BCUT2D eigenvalue weighted by Gasteiger charge is 1.97. The average Bonchev–Trinajstić information content (AvgIpc) is 2.50. The number of nitrogens with zero attached hydrogens (tertiary/aromatic N) is 2. The zero-order chi connectivity index (χ0) is 7.68. The number of aliphatic hydroxyl groups is 1. The molecule has 0 fully saturated rings. The Morgan fingerprint density at radius 1 is 1.55 bits per heavy atom. The Morgan fingerprint density at radius 2 is 2.45 bits per heavy atom. The maximum atomic E-state index is 8.70. The summed E-state index contributed by atoms with van der Waals surface area (Å²) in [4.78, 5) is 10.9. The van der Waals surface area contributed by atoms with Crippen LogP contribution in [0.2, 0.25) is 0 Å². The number of fused-ring (bicyclic) bond motifs is 1. The summed E-state index contributed by atoms with van der Waals surface area (Å²) in [6.07, 6.45) is 3.45. The van der Waals surface area contributed by atoms with Crippen molar-refractivity contribution in [1.82, 2.24) is 15.0 Å². The van der Waals surface area contributed by atoms with Crippen molar-refractivity contribution in [2.24, 2.45) is 0 Å². The maximum Gasteiger partial charge on any atom is 0.154 e. The van der Waals surface area contributed by atoms with E-state index >= 15 is 0 Å². The fourth-order valence-corrected chi connectivity index (χ4v) is 0.958. The molecule has 2 aromatic rings. The van der Waals surface area contributed by atoms with Gasteiger partial charge < -0.3 is 10.1 Å². The molecule has 11 heavy (non-hydrogen) atoms. The summed E-state index contributed by atoms with van der Waals surface area (Å²) in [6, 6.07) is 1.84. The second kappa shape index (κ2) is 2.32. The van der Waals surface area contributed by atoms with E-state index in [1.165, 1.54) is 0 Å². The van der Waals surface area contributed by atoms with Crippen molar-refractivity contribution >= 4 is 11.0 Å². The summed E-state index contributed by atoms with van der Waals surface area (Å²) < 4.78 is 0. The van der Waals surface area contributed by atoms with Gasteiger partial charge in [-0.05, 0) is 6.07 Å². The number of aliphatic hydroxyl groups excluding tert-OH is 1. The third-order valence-electron chi connectivity index (χ3n) is 1.49. The quantitative estimate of drug-likeness (QED) is 0.618. The lowest BCUT2D eigenvalue weighted by Crippen LogP contribution is -1.92. The topological polar surface area (TPSA) is 61.8 Å². The lowest BCUT2D eigenvalue weighted by atomic mass is 10.4. The Kier molecular flexibility index (Phi) is 1.33. The van der Waals surface area contributed by atoms with Gasteiger partial charge in [-0.1, -0.05) is 0 Å². The molecule has 0 radical (unpaired) electrons. The molecule has 2 aromatic heterocycles. The van der Waals surface area contributed by atoms with E-state index in [9.17, 15) is 0 Å². The van der Waals surface area contributed by atoms with Gasteiger partial charge in [0.05, 0.1) is 17.2 Å². The summed E-state index contributed by atoms with van der Waals surface area (Å²) in [6.45, 7) is -0.110. The SMILES string of the molecule is OCc1ncc2[nH]ccc2n1. The van der Waals surface area contributed by atoms with Crippen molar-refractivity contribution < 1.29 is 5.11 Å². The molecule has 0 unspecified atom stereocenters. The van der Waals surface area contributed by atoms with Gasteiger partial charge in [0.15, 0.2) is 5.82 Å². The van der Waals surface area contributed by atoms with Crippen LogP contribution >= 0.6 is 0 Å². The van der Waals surface area contributed by atoms with Crippen LogP contribution in [0.25, 0.3) is 11.0 Å². The van der Waals surface area contributed by atoms with Crippen LogP contribution in [0.1, 0.15) is 5.82 Å². The number of aromatic nitrogens is 3. The number of aromatic amines is 1. The molecule has 0 saturated heterocycles. The normalized spacial score (nSPS) is 10.6. The number of nitrogens with one attached hydrogen (secondary N) is 1. The number of hydrogen-bond acceptors (Lipinski definition) is 3. The van der Waals surface area contributed by atoms with Crippen molar-refractivity contribution in [3.8, 4) is 0 Å². The van der Waals surface area contributed by atoms with Gasteiger partial charge in [0.25, 0.3) is 0 Å². The first kappa shape index (κ1) is 6.30. The maximum absolute atomic E-state index is 8.70. The van der Waals surface area contributed by atoms with E-state index in [0.29, 0.717) is 5.82 Å². The summed E-state index contributed by atoms with van der Waals surface area (Å²) in [5.74, 6) is 0.456. The molecule has 0 aliphatic rings. The Bertz CT molecular complexity index is 368. The van der Waals surface area contributed by atoms with E-state index in [4.69, 9.17) is 5.11 Å². The van der Waals surface area contributed by atoms with Gasteiger partial charge in [-0.25, -0.2) is 9.97 Å². The molecule has 0 saturated carbocycles. The molecule has 0 aliphatic carbocycles. The second-order valence-corrected chi connectivity index (χ2v) is 2.22. The minimum absolute atomic E-state index is 0.110. The lowest BCUT2D eigenvalue weighted by molar-refractivity contribution is 0.272. The highest BCUT2D eigenvalue weighted by molar-refractivity contribution is 5.73. The van der Waals surface area contributed by atoms with E-state index < -0.39 is 0 Å². The molecule has 2 N–H and O–H groups in total. The minimum Gasteiger partial charge on any atom is -0.388 e. The molecule has 0 bridgehead atoms. The average molecular weight is 149 g/mol. The summed E-state index contributed by atoms with van der Waals surface area (Å²) in [7, 11) is 0. The third-order valence-corrected chi connectivity index (χ3v) is 1.49. The predicted molar refractivity (Wildman–Crippen MR) is 39.8 cm³/mol. The van der Waals surface area contributed by atoms with Gasteiger partial charge in [-0.3, -0.25) is 0 Å². The smallest absolute Gasteiger partial charge is 0.154 e. The molecule has 0 atom stereocenters. The first-order valence-electron chi connectivity index (χ1n) is 3.30. The van der Waals surface area contributed by atoms with Crippen molar-refractivity contribution in [3.05, 3.63) is 24.3 Å². The van der Waals surface area contributed by atoms with Crippen LogP contribution in [0.3, 0.4) is 0 Å². The standard InChI is InChI=1S/C7H7N3O/c11-4-7-9-3-6-5(10-7)1-2-8-6/h1-3,8,11H,4H2. The summed E-state index contributed by atoms with van der Waals surface area (Å²) in [5.41, 5.74) is 1.73. The Morgan fingerprint density at radius 3 is 3.27 bits per heavy atom. The molecular weight excluding hydrogens is 142 g/mol. The Labute approximate surface area is 62.9 Å². The highest BCUT2D eigenvalue weighted by atomic mass is 16.3. The Hall–Kier alpha value is -1.42. The molecule has 4 nitrogen and oxygen atoms in total. The van der Waals surface area contributed by atoms with Gasteiger partial charge in [0.2, 0.25) is 0 Å². The zero-order valence-electron chi connectivity index (χ0n) is 5.78. The van der Waals surface area contributed by atoms with Crippen molar-refractivity contribution in [3.63, 3.8) is 0 Å². The van der Waals surface area contributed by atoms with Crippen molar-refractivity contribution in [1.29, 1.82) is 0 Å². The fraction of sp³-hybridized carbons (Fsp3) is 0.143. The minimum atomic E-state index is -0.110. The number of rotatable bonds is 1. The molecule has 0 aliphatic heterocycles. The van der Waals surface area contributed by atoms with Gasteiger partial charge in [-0.2, -0.15) is 0 Å². The molecule has 56 valence electrons. The monoisotopic (exact) mass is 149 g/mol. The molecule has 2 rings (SSSR count). The van der Waals surface area contributed by atoms with E-state index in [-0.39, 0.29) is 6.61 Å². The van der Waals surface area contributed by atoms with Gasteiger partial charge >= 0.3 is 0 Å². The Balaban J connectivity index is 2.67. The van der Waals surface area contributed by atoms with Crippen LogP contribution in [0, 0.1) is 0 Å². The van der Waals surface area contributed by atoms with E-state index in [1.54, 1.807) is 12.4 Å². The number of hydrogen-bond donors (Lipinski definition) is 2. The molecule has 2 heterocycles. The van der Waals surface area contributed by atoms with Gasteiger partial charge in [-0.15, -0.1) is 0 Å². The van der Waals surface area contributed by atoms with Crippen LogP contribution in [0.4, 0.5) is 0 Å². The largest absolute Gasteiger partial charge is 0.388 e. The van der Waals surface area contributed by atoms with Crippen LogP contribution in [-0.4, -0.2) is 20.1 Å². The van der Waals surface area contributed by atoms with Crippen LogP contribution in [0.15, 0.2) is 18.5 Å². The first-order valence-corrected chi connectivity index (χ1v) is 3.30. The van der Waals surface area contributed by atoms with Gasteiger partial charge in [0, 0.05) is 6.20 Å². The van der Waals surface area contributed by atoms with E-state index in [1.807, 2.05) is 6.07 Å². The lowest BCUT2D eigenvalue weighted by Gasteiger charge is -1.92. The van der Waals surface area contributed by atoms with Crippen molar-refractivity contribution in [2.45, 2.75) is 6.61 Å². The van der Waals surface area contributed by atoms with E-state index in [0.717, 1.165) is 11.0 Å². The van der Waals surface area contributed by atoms with Crippen molar-refractivity contribution in [2.75, 3.05) is 0 Å². The molecule has 0 aromatic carbocycles. The fourth-order valence-electron chi connectivity index (χ4n) is 0.958. The predicted octanol–water partition coefficient (Wildman–Crippen LogP) is 0.450. The number of H-pyrrole nitrogens is 1. The molecule has 0 amide bonds. The molecule has 0 spiro atoms. The van der Waals surface area contributed by atoms with Crippen LogP contribution < -0.4 is 0 Å². The van der Waals surface area contributed by atoms with Gasteiger partial charge in [0.1, 0.15) is 6.61 Å². The molecule has 4 heteroatoms. The van der Waals surface area contributed by atoms with Crippen LogP contribution in [0.5, 0.6) is 0 Å². The summed E-state index contributed by atoms with van der Waals surface area (Å²) >= 11 is 0. The second-order valence-electron chi connectivity index (χ2n) is 2.22. The third kappa shape index (κ3) is 0.969. The summed E-state index contributed by atoms with van der Waals surface area (Å²) in [5, 5.41) is 8.70. The highest BCUT2D eigenvalue weighted by Crippen LogP contribution is 2.06. The van der Waals surface area contributed by atoms with E-state index in [2.05, 4.69) is 15.0 Å². The first-order chi connectivity index (χ1) is 5.40. The zero-order valence-corrected chi connectivity index (χ0v) is 5.78.